The van der Waals surface area contributed by atoms with Crippen LogP contribution in [0, 0.1) is 10.8 Å². The molecule has 2 heterocycles. The van der Waals surface area contributed by atoms with Crippen molar-refractivity contribution < 1.29 is 19.7 Å². The van der Waals surface area contributed by atoms with E-state index in [0.717, 1.165) is 24.0 Å². The Hall–Kier alpha value is -2.50. The fourth-order valence-corrected chi connectivity index (χ4v) is 7.92. The van der Waals surface area contributed by atoms with Crippen LogP contribution in [-0.4, -0.2) is 45.8 Å². The average Bonchev–Trinajstić information content (AvgIpc) is 3.43. The SMILES string of the molecule is CC(/C=C/C=C(\C)C1C=C2C(C)(C)C[C@H](O)C[C@@]2(C)O1)=C\C=C\C=C(C)\C=C\C=C(/C)C1C=C2C(C)(C)C[C@H](O)C[C@@]2(C)O1. The predicted octanol–water partition coefficient (Wildman–Crippen LogP) is 8.97. The van der Waals surface area contributed by atoms with E-state index in [1.165, 1.54) is 22.3 Å². The van der Waals surface area contributed by atoms with Gasteiger partial charge in [-0.05, 0) is 99.7 Å². The molecule has 0 saturated heterocycles. The Kier molecular flexibility index (Phi) is 10.2. The van der Waals surface area contributed by atoms with Crippen LogP contribution >= 0.6 is 0 Å². The minimum atomic E-state index is -0.386. The molecule has 0 aromatic heterocycles. The third-order valence-corrected chi connectivity index (χ3v) is 9.91. The first-order valence-corrected chi connectivity index (χ1v) is 16.3. The molecule has 4 aliphatic rings. The topological polar surface area (TPSA) is 58.9 Å². The molecule has 2 aliphatic carbocycles. The van der Waals surface area contributed by atoms with Crippen molar-refractivity contribution in [1.29, 1.82) is 0 Å². The Labute approximate surface area is 267 Å². The standard InChI is InChI=1S/C40H56O4/c1-27(17-13-19-29(3)33-21-35-37(5,6)23-31(41)25-39(35,9)43-33)15-11-12-16-28(2)18-14-20-30(4)34-22-36-38(7,8)24-32(42)26-40(36,10)44-34/h11-22,31-34,41-42H,23-26H2,1-10H3/b12-11+,17-13+,18-14+,27-15+,28-16+,29-19+,30-20+/t31-,32-,33?,34?,39+,40+/m0/s1. The van der Waals surface area contributed by atoms with E-state index in [9.17, 15) is 10.2 Å². The van der Waals surface area contributed by atoms with Gasteiger partial charge in [-0.1, -0.05) is 99.6 Å². The lowest BCUT2D eigenvalue weighted by Gasteiger charge is -2.44. The summed E-state index contributed by atoms with van der Waals surface area (Å²) in [6, 6.07) is 0. The maximum absolute atomic E-state index is 10.4. The van der Waals surface area contributed by atoms with Crippen LogP contribution in [-0.2, 0) is 9.47 Å². The lowest BCUT2D eigenvalue weighted by molar-refractivity contribution is -0.0688. The molecule has 4 heteroatoms. The number of rotatable bonds is 8. The van der Waals surface area contributed by atoms with Crippen molar-refractivity contribution in [2.45, 2.75) is 131 Å². The first-order chi connectivity index (χ1) is 20.4. The van der Waals surface area contributed by atoms with Crippen LogP contribution in [0.5, 0.6) is 0 Å². The quantitative estimate of drug-likeness (QED) is 0.216. The molecule has 6 atom stereocenters. The van der Waals surface area contributed by atoms with Crippen LogP contribution in [0.4, 0.5) is 0 Å². The zero-order valence-electron chi connectivity index (χ0n) is 28.8. The number of hydrogen-bond acceptors (Lipinski definition) is 4. The van der Waals surface area contributed by atoms with Crippen LogP contribution < -0.4 is 0 Å². The number of aliphatic hydroxyl groups excluding tert-OH is 2. The lowest BCUT2D eigenvalue weighted by Crippen LogP contribution is -2.45. The van der Waals surface area contributed by atoms with Crippen molar-refractivity contribution in [3.63, 3.8) is 0 Å². The molecule has 2 saturated carbocycles. The first kappa shape index (κ1) is 34.4. The zero-order valence-corrected chi connectivity index (χ0v) is 28.8. The maximum Gasteiger partial charge on any atom is 0.0982 e. The fourth-order valence-electron chi connectivity index (χ4n) is 7.92. The minimum Gasteiger partial charge on any atom is -0.393 e. The van der Waals surface area contributed by atoms with E-state index < -0.39 is 0 Å². The Balaban J connectivity index is 1.29. The van der Waals surface area contributed by atoms with Gasteiger partial charge in [0.1, 0.15) is 0 Å². The third kappa shape index (κ3) is 7.83. The van der Waals surface area contributed by atoms with Gasteiger partial charge in [-0.2, -0.15) is 0 Å². The lowest BCUT2D eigenvalue weighted by atomic mass is 9.65. The van der Waals surface area contributed by atoms with Crippen molar-refractivity contribution in [1.82, 2.24) is 0 Å². The number of aliphatic hydroxyl groups is 2. The van der Waals surface area contributed by atoms with Gasteiger partial charge < -0.3 is 19.7 Å². The summed E-state index contributed by atoms with van der Waals surface area (Å²) in [4.78, 5) is 0. The second-order valence-corrected chi connectivity index (χ2v) is 15.3. The van der Waals surface area contributed by atoms with Crippen molar-refractivity contribution >= 4 is 0 Å². The summed E-state index contributed by atoms with van der Waals surface area (Å²) in [5.41, 5.74) is 6.43. The molecule has 240 valence electrons. The number of allylic oxidation sites excluding steroid dienone is 12. The second kappa shape index (κ2) is 13.1. The van der Waals surface area contributed by atoms with E-state index in [1.54, 1.807) is 0 Å². The van der Waals surface area contributed by atoms with Gasteiger partial charge in [0.05, 0.1) is 35.6 Å². The number of hydrogen-bond donors (Lipinski definition) is 2. The molecule has 4 rings (SSSR count). The van der Waals surface area contributed by atoms with E-state index in [1.807, 2.05) is 0 Å². The highest BCUT2D eigenvalue weighted by Crippen LogP contribution is 2.53. The van der Waals surface area contributed by atoms with Gasteiger partial charge in [0.25, 0.3) is 0 Å². The van der Waals surface area contributed by atoms with Gasteiger partial charge in [-0.15, -0.1) is 0 Å². The molecule has 2 fully saturated rings. The molecular formula is C40H56O4. The zero-order chi connectivity index (χ0) is 32.5. The molecule has 0 bridgehead atoms. The molecule has 2 aliphatic heterocycles. The summed E-state index contributed by atoms with van der Waals surface area (Å²) in [5.74, 6) is 0. The van der Waals surface area contributed by atoms with Gasteiger partial charge in [0.2, 0.25) is 0 Å². The number of fused-ring (bicyclic) bond motifs is 2. The predicted molar refractivity (Wildman–Crippen MR) is 183 cm³/mol. The maximum atomic E-state index is 10.4. The Bertz CT molecular complexity index is 1270. The molecule has 2 unspecified atom stereocenters. The van der Waals surface area contributed by atoms with Crippen molar-refractivity contribution in [3.05, 3.63) is 106 Å². The minimum absolute atomic E-state index is 0.0509. The fraction of sp³-hybridized carbons (Fsp3) is 0.550. The summed E-state index contributed by atoms with van der Waals surface area (Å²) in [6.45, 7) is 21.5. The molecule has 0 radical (unpaired) electrons. The smallest absolute Gasteiger partial charge is 0.0982 e. The van der Waals surface area contributed by atoms with Crippen LogP contribution in [0.1, 0.15) is 94.9 Å². The van der Waals surface area contributed by atoms with E-state index in [0.29, 0.717) is 12.8 Å². The highest BCUT2D eigenvalue weighted by molar-refractivity contribution is 5.39. The summed E-state index contributed by atoms with van der Waals surface area (Å²) in [7, 11) is 0. The Morgan fingerprint density at radius 1 is 0.591 bits per heavy atom. The van der Waals surface area contributed by atoms with Gasteiger partial charge in [-0.25, -0.2) is 0 Å². The molecule has 0 amide bonds. The molecule has 2 N–H and O–H groups in total. The van der Waals surface area contributed by atoms with Gasteiger partial charge in [0.15, 0.2) is 0 Å². The Morgan fingerprint density at radius 2 is 0.955 bits per heavy atom. The highest BCUT2D eigenvalue weighted by Gasteiger charge is 2.51. The molecule has 44 heavy (non-hydrogen) atoms. The van der Waals surface area contributed by atoms with Crippen LogP contribution in [0.2, 0.25) is 0 Å². The van der Waals surface area contributed by atoms with Crippen LogP contribution in [0.25, 0.3) is 0 Å². The monoisotopic (exact) mass is 600 g/mol. The average molecular weight is 601 g/mol. The van der Waals surface area contributed by atoms with E-state index in [4.69, 9.17) is 9.47 Å². The van der Waals surface area contributed by atoms with Gasteiger partial charge in [-0.3, -0.25) is 0 Å². The molecular weight excluding hydrogens is 544 g/mol. The van der Waals surface area contributed by atoms with E-state index in [2.05, 4.69) is 142 Å². The highest BCUT2D eigenvalue weighted by atomic mass is 16.5. The summed E-state index contributed by atoms with van der Waals surface area (Å²) < 4.78 is 12.9. The van der Waals surface area contributed by atoms with Crippen LogP contribution in [0.3, 0.4) is 0 Å². The number of ether oxygens (including phenoxy) is 2. The van der Waals surface area contributed by atoms with E-state index >= 15 is 0 Å². The summed E-state index contributed by atoms with van der Waals surface area (Å²) in [6.07, 6.45) is 27.7. The third-order valence-electron chi connectivity index (χ3n) is 9.91. The molecule has 0 aromatic rings. The van der Waals surface area contributed by atoms with Crippen molar-refractivity contribution in [2.24, 2.45) is 10.8 Å². The molecule has 0 spiro atoms. The molecule has 0 aromatic carbocycles. The van der Waals surface area contributed by atoms with Crippen molar-refractivity contribution in [2.75, 3.05) is 0 Å². The van der Waals surface area contributed by atoms with Gasteiger partial charge >= 0.3 is 0 Å². The van der Waals surface area contributed by atoms with Crippen molar-refractivity contribution in [3.8, 4) is 0 Å². The summed E-state index contributed by atoms with van der Waals surface area (Å²) in [5, 5.41) is 20.8. The summed E-state index contributed by atoms with van der Waals surface area (Å²) >= 11 is 0. The first-order valence-electron chi connectivity index (χ1n) is 16.3. The van der Waals surface area contributed by atoms with Crippen LogP contribution in [0.15, 0.2) is 106 Å². The second-order valence-electron chi connectivity index (χ2n) is 15.3. The Morgan fingerprint density at radius 3 is 1.32 bits per heavy atom. The molecule has 4 nitrogen and oxygen atoms in total. The van der Waals surface area contributed by atoms with E-state index in [-0.39, 0.29) is 46.4 Å². The normalized spacial score (nSPS) is 36.3. The largest absolute Gasteiger partial charge is 0.393 e. The van der Waals surface area contributed by atoms with Gasteiger partial charge in [0, 0.05) is 12.8 Å².